The maximum absolute atomic E-state index is 13.6. The molecule has 2 aromatic rings. The second-order valence-corrected chi connectivity index (χ2v) is 4.55. The van der Waals surface area contributed by atoms with Crippen LogP contribution in [0.1, 0.15) is 22.7 Å². The van der Waals surface area contributed by atoms with Gasteiger partial charge >= 0.3 is 0 Å². The summed E-state index contributed by atoms with van der Waals surface area (Å²) in [5.41, 5.74) is 3.32. The Kier molecular flexibility index (Phi) is 3.82. The molecule has 0 bridgehead atoms. The van der Waals surface area contributed by atoms with Gasteiger partial charge in [0.15, 0.2) is 0 Å². The number of anilines is 1. The molecule has 0 fully saturated rings. The molecule has 3 heteroatoms. The first kappa shape index (κ1) is 13.1. The lowest BCUT2D eigenvalue weighted by Crippen LogP contribution is -2.11. The van der Waals surface area contributed by atoms with Crippen molar-refractivity contribution in [3.8, 4) is 6.07 Å². The van der Waals surface area contributed by atoms with Gasteiger partial charge in [-0.1, -0.05) is 35.9 Å². The summed E-state index contributed by atoms with van der Waals surface area (Å²) in [6.07, 6.45) is 0. The van der Waals surface area contributed by atoms with Crippen LogP contribution in [-0.4, -0.2) is 0 Å². The van der Waals surface area contributed by atoms with Gasteiger partial charge in [-0.15, -0.1) is 0 Å². The highest BCUT2D eigenvalue weighted by atomic mass is 19.1. The molecule has 0 aliphatic carbocycles. The lowest BCUT2D eigenvalue weighted by atomic mass is 9.99. The molecule has 0 radical (unpaired) electrons. The number of halogens is 1. The summed E-state index contributed by atoms with van der Waals surface area (Å²) < 4.78 is 13.6. The minimum Gasteiger partial charge on any atom is -0.364 e. The summed E-state index contributed by atoms with van der Waals surface area (Å²) >= 11 is 0. The van der Waals surface area contributed by atoms with E-state index in [2.05, 4.69) is 11.4 Å². The molecule has 1 N–H and O–H groups in total. The fraction of sp³-hybridized carbons (Fsp3) is 0.188. The number of hydrogen-bond donors (Lipinski definition) is 1. The van der Waals surface area contributed by atoms with Gasteiger partial charge in [0, 0.05) is 0 Å². The zero-order valence-corrected chi connectivity index (χ0v) is 10.9. The number of nitrogens with zero attached hydrogens (tertiary/aromatic N) is 1. The Bertz CT molecular complexity index is 629. The molecule has 0 spiro atoms. The Labute approximate surface area is 112 Å². The van der Waals surface area contributed by atoms with Crippen molar-refractivity contribution in [3.05, 3.63) is 65.0 Å². The molecule has 0 amide bonds. The highest BCUT2D eigenvalue weighted by Crippen LogP contribution is 2.24. The zero-order valence-electron chi connectivity index (χ0n) is 10.9. The minimum absolute atomic E-state index is 0.343. The molecule has 1 atom stereocenters. The Morgan fingerprint density at radius 2 is 1.89 bits per heavy atom. The molecule has 19 heavy (non-hydrogen) atoms. The van der Waals surface area contributed by atoms with Gasteiger partial charge < -0.3 is 5.32 Å². The van der Waals surface area contributed by atoms with E-state index in [1.807, 2.05) is 32.0 Å². The fourth-order valence-corrected chi connectivity index (χ4v) is 1.98. The van der Waals surface area contributed by atoms with Gasteiger partial charge in [0.05, 0.1) is 11.8 Å². The van der Waals surface area contributed by atoms with Crippen LogP contribution in [0.5, 0.6) is 0 Å². The number of hydrogen-bond acceptors (Lipinski definition) is 2. The molecule has 0 saturated heterocycles. The molecular formula is C16H15FN2. The first-order valence-electron chi connectivity index (χ1n) is 6.09. The third kappa shape index (κ3) is 2.92. The van der Waals surface area contributed by atoms with Gasteiger partial charge in [-0.2, -0.15) is 5.26 Å². The lowest BCUT2D eigenvalue weighted by Gasteiger charge is -2.16. The summed E-state index contributed by atoms with van der Waals surface area (Å²) in [5, 5.41) is 12.3. The Hall–Kier alpha value is -2.34. The number of rotatable bonds is 3. The number of nitriles is 1. The molecule has 0 heterocycles. The van der Waals surface area contributed by atoms with Crippen molar-refractivity contribution < 1.29 is 4.39 Å². The number of nitrogens with one attached hydrogen (secondary N) is 1. The molecule has 0 aromatic heterocycles. The van der Waals surface area contributed by atoms with Crippen molar-refractivity contribution in [2.75, 3.05) is 5.32 Å². The van der Waals surface area contributed by atoms with Crippen molar-refractivity contribution in [1.29, 1.82) is 5.26 Å². The molecule has 0 aliphatic heterocycles. The predicted octanol–water partition coefficient (Wildman–Crippen LogP) is 4.12. The molecule has 2 aromatic carbocycles. The zero-order chi connectivity index (χ0) is 13.8. The van der Waals surface area contributed by atoms with Crippen LogP contribution in [0, 0.1) is 31.0 Å². The van der Waals surface area contributed by atoms with Crippen molar-refractivity contribution in [3.63, 3.8) is 0 Å². The molecule has 1 unspecified atom stereocenters. The summed E-state index contributed by atoms with van der Waals surface area (Å²) in [6, 6.07) is 13.9. The van der Waals surface area contributed by atoms with E-state index in [9.17, 15) is 9.65 Å². The van der Waals surface area contributed by atoms with E-state index in [0.29, 0.717) is 5.69 Å². The summed E-state index contributed by atoms with van der Waals surface area (Å²) in [6.45, 7) is 3.92. The highest BCUT2D eigenvalue weighted by molar-refractivity contribution is 5.50. The van der Waals surface area contributed by atoms with Crippen molar-refractivity contribution in [2.24, 2.45) is 0 Å². The van der Waals surface area contributed by atoms with Crippen LogP contribution in [0.25, 0.3) is 0 Å². The molecule has 0 saturated carbocycles. The largest absolute Gasteiger partial charge is 0.364 e. The fourth-order valence-electron chi connectivity index (χ4n) is 1.98. The van der Waals surface area contributed by atoms with E-state index in [4.69, 9.17) is 0 Å². The van der Waals surface area contributed by atoms with Crippen LogP contribution in [0.3, 0.4) is 0 Å². The van der Waals surface area contributed by atoms with Crippen LogP contribution >= 0.6 is 0 Å². The summed E-state index contributed by atoms with van der Waals surface area (Å²) in [7, 11) is 0. The van der Waals surface area contributed by atoms with Crippen LogP contribution in [0.15, 0.2) is 42.5 Å². The van der Waals surface area contributed by atoms with Gasteiger partial charge in [-0.3, -0.25) is 0 Å². The van der Waals surface area contributed by atoms with E-state index in [1.54, 1.807) is 18.2 Å². The maximum atomic E-state index is 13.6. The van der Waals surface area contributed by atoms with Crippen molar-refractivity contribution >= 4 is 5.69 Å². The monoisotopic (exact) mass is 254 g/mol. The van der Waals surface area contributed by atoms with Gasteiger partial charge in [0.1, 0.15) is 11.9 Å². The van der Waals surface area contributed by atoms with Gasteiger partial charge in [-0.25, -0.2) is 4.39 Å². The van der Waals surface area contributed by atoms with E-state index in [1.165, 1.54) is 6.07 Å². The molecule has 96 valence electrons. The van der Waals surface area contributed by atoms with E-state index in [-0.39, 0.29) is 5.82 Å². The lowest BCUT2D eigenvalue weighted by molar-refractivity contribution is 0.629. The Balaban J connectivity index is 2.34. The highest BCUT2D eigenvalue weighted by Gasteiger charge is 2.14. The molecule has 0 aliphatic rings. The number of benzene rings is 2. The Morgan fingerprint density at radius 1 is 1.16 bits per heavy atom. The van der Waals surface area contributed by atoms with Crippen LogP contribution in [-0.2, 0) is 0 Å². The van der Waals surface area contributed by atoms with E-state index >= 15 is 0 Å². The topological polar surface area (TPSA) is 35.8 Å². The van der Waals surface area contributed by atoms with Gasteiger partial charge in [0.2, 0.25) is 0 Å². The maximum Gasteiger partial charge on any atom is 0.146 e. The number of aryl methyl sites for hydroxylation is 2. The molecule has 2 rings (SSSR count). The normalized spacial score (nSPS) is 11.7. The predicted molar refractivity (Wildman–Crippen MR) is 74.3 cm³/mol. The first-order valence-corrected chi connectivity index (χ1v) is 6.09. The van der Waals surface area contributed by atoms with Crippen LogP contribution in [0.4, 0.5) is 10.1 Å². The standard InChI is InChI=1S/C16H15FN2/c1-11-7-8-12(2)13(9-11)16(10-18)19-15-6-4-3-5-14(15)17/h3-9,16,19H,1-2H3. The average Bonchev–Trinajstić information content (AvgIpc) is 2.41. The van der Waals surface area contributed by atoms with Gasteiger partial charge in [0.25, 0.3) is 0 Å². The molecule has 2 nitrogen and oxygen atoms in total. The second kappa shape index (κ2) is 5.53. The SMILES string of the molecule is Cc1ccc(C)c(C(C#N)Nc2ccccc2F)c1. The van der Waals surface area contributed by atoms with Crippen LogP contribution in [0.2, 0.25) is 0 Å². The second-order valence-electron chi connectivity index (χ2n) is 4.55. The summed E-state index contributed by atoms with van der Waals surface area (Å²) in [4.78, 5) is 0. The van der Waals surface area contributed by atoms with Crippen molar-refractivity contribution in [1.82, 2.24) is 0 Å². The third-order valence-electron chi connectivity index (χ3n) is 3.05. The summed E-state index contributed by atoms with van der Waals surface area (Å²) in [5.74, 6) is -0.354. The van der Waals surface area contributed by atoms with E-state index in [0.717, 1.165) is 16.7 Å². The first-order chi connectivity index (χ1) is 9.11. The average molecular weight is 254 g/mol. The Morgan fingerprint density at radius 3 is 2.58 bits per heavy atom. The van der Waals surface area contributed by atoms with E-state index < -0.39 is 6.04 Å². The molecular weight excluding hydrogens is 239 g/mol. The third-order valence-corrected chi connectivity index (χ3v) is 3.05. The van der Waals surface area contributed by atoms with Gasteiger partial charge in [-0.05, 0) is 37.1 Å². The number of para-hydroxylation sites is 1. The minimum atomic E-state index is -0.559. The smallest absolute Gasteiger partial charge is 0.146 e. The quantitative estimate of drug-likeness (QED) is 0.894. The van der Waals surface area contributed by atoms with Crippen LogP contribution < -0.4 is 5.32 Å². The van der Waals surface area contributed by atoms with Crippen molar-refractivity contribution in [2.45, 2.75) is 19.9 Å².